The summed E-state index contributed by atoms with van der Waals surface area (Å²) in [4.78, 5) is 0. The number of piperidine rings is 1. The highest BCUT2D eigenvalue weighted by atomic mass is 35.5. The average molecular weight is 286 g/mol. The van der Waals surface area contributed by atoms with Crippen LogP contribution in [0.25, 0.3) is 0 Å². The molecule has 0 spiro atoms. The first-order valence-corrected chi connectivity index (χ1v) is 6.99. The summed E-state index contributed by atoms with van der Waals surface area (Å²) in [6.07, 6.45) is 5.95. The Morgan fingerprint density at radius 1 is 1.05 bits per heavy atom. The molecule has 1 saturated carbocycles. The maximum Gasteiger partial charge on any atom is 0.127 e. The van der Waals surface area contributed by atoms with Crippen molar-refractivity contribution in [1.82, 2.24) is 5.32 Å². The molecule has 1 saturated heterocycles. The van der Waals surface area contributed by atoms with Crippen molar-refractivity contribution in [3.63, 3.8) is 0 Å². The van der Waals surface area contributed by atoms with Crippen LogP contribution in [0, 0.1) is 5.82 Å². The molecule has 0 bridgehead atoms. The van der Waals surface area contributed by atoms with E-state index in [4.69, 9.17) is 4.74 Å². The fraction of sp³-hybridized carbons (Fsp3) is 0.600. The second kappa shape index (κ2) is 6.58. The average Bonchev–Trinajstić information content (AvgIpc) is 2.34. The van der Waals surface area contributed by atoms with Gasteiger partial charge in [0.15, 0.2) is 0 Å². The lowest BCUT2D eigenvalue weighted by Gasteiger charge is -2.28. The van der Waals surface area contributed by atoms with Crippen LogP contribution in [0.1, 0.15) is 43.6 Å². The molecule has 3 rings (SSSR count). The van der Waals surface area contributed by atoms with E-state index in [1.54, 1.807) is 6.07 Å². The van der Waals surface area contributed by atoms with Gasteiger partial charge in [0.1, 0.15) is 11.6 Å². The van der Waals surface area contributed by atoms with Gasteiger partial charge in [-0.1, -0.05) is 0 Å². The van der Waals surface area contributed by atoms with Crippen molar-refractivity contribution in [3.05, 3.63) is 29.6 Å². The number of benzene rings is 1. The van der Waals surface area contributed by atoms with Crippen molar-refractivity contribution >= 4 is 12.4 Å². The van der Waals surface area contributed by atoms with Gasteiger partial charge in [-0.15, -0.1) is 12.4 Å². The first-order chi connectivity index (χ1) is 8.81. The van der Waals surface area contributed by atoms with Crippen molar-refractivity contribution in [2.24, 2.45) is 0 Å². The minimum absolute atomic E-state index is 0. The molecule has 4 heteroatoms. The van der Waals surface area contributed by atoms with Crippen LogP contribution < -0.4 is 10.1 Å². The van der Waals surface area contributed by atoms with Gasteiger partial charge in [-0.2, -0.15) is 0 Å². The molecule has 1 heterocycles. The summed E-state index contributed by atoms with van der Waals surface area (Å²) in [7, 11) is 0. The molecule has 1 aliphatic carbocycles. The molecule has 0 radical (unpaired) electrons. The molecule has 1 aromatic carbocycles. The van der Waals surface area contributed by atoms with E-state index < -0.39 is 0 Å². The highest BCUT2D eigenvalue weighted by molar-refractivity contribution is 5.85. The highest BCUT2D eigenvalue weighted by Crippen LogP contribution is 2.31. The minimum Gasteiger partial charge on any atom is -0.490 e. The van der Waals surface area contributed by atoms with E-state index in [0.29, 0.717) is 17.8 Å². The Morgan fingerprint density at radius 2 is 1.79 bits per heavy atom. The number of hydrogen-bond acceptors (Lipinski definition) is 2. The Balaban J connectivity index is 0.00000133. The Bertz CT molecular complexity index is 417. The number of halogens is 2. The van der Waals surface area contributed by atoms with Gasteiger partial charge in [-0.3, -0.25) is 0 Å². The van der Waals surface area contributed by atoms with Crippen LogP contribution in [0.4, 0.5) is 4.39 Å². The van der Waals surface area contributed by atoms with E-state index in [9.17, 15) is 4.39 Å². The van der Waals surface area contributed by atoms with Gasteiger partial charge < -0.3 is 10.1 Å². The summed E-state index contributed by atoms with van der Waals surface area (Å²) >= 11 is 0. The molecule has 2 aliphatic rings. The van der Waals surface area contributed by atoms with Crippen LogP contribution in [-0.4, -0.2) is 19.2 Å². The van der Waals surface area contributed by atoms with E-state index in [1.165, 1.54) is 12.5 Å². The van der Waals surface area contributed by atoms with Crippen LogP contribution >= 0.6 is 12.4 Å². The molecule has 1 aliphatic heterocycles. The number of rotatable bonds is 3. The summed E-state index contributed by atoms with van der Waals surface area (Å²) in [5.41, 5.74) is 1.10. The summed E-state index contributed by atoms with van der Waals surface area (Å²) in [5.74, 6) is 1.03. The maximum absolute atomic E-state index is 13.7. The second-order valence-electron chi connectivity index (χ2n) is 5.42. The minimum atomic E-state index is -0.166. The summed E-state index contributed by atoms with van der Waals surface area (Å²) in [5, 5.41) is 3.34. The predicted octanol–water partition coefficient (Wildman–Crippen LogP) is 3.65. The topological polar surface area (TPSA) is 21.3 Å². The molecule has 2 nitrogen and oxygen atoms in total. The second-order valence-corrected chi connectivity index (χ2v) is 5.42. The quantitative estimate of drug-likeness (QED) is 0.915. The van der Waals surface area contributed by atoms with Crippen molar-refractivity contribution < 1.29 is 9.13 Å². The van der Waals surface area contributed by atoms with Crippen LogP contribution in [-0.2, 0) is 0 Å². The largest absolute Gasteiger partial charge is 0.490 e. The number of hydrogen-bond donors (Lipinski definition) is 1. The smallest absolute Gasteiger partial charge is 0.127 e. The third-order valence-corrected chi connectivity index (χ3v) is 4.06. The number of nitrogens with one attached hydrogen (secondary N) is 1. The molecule has 0 unspecified atom stereocenters. The first kappa shape index (κ1) is 14.6. The lowest BCUT2D eigenvalue weighted by Crippen LogP contribution is -2.27. The van der Waals surface area contributed by atoms with Crippen molar-refractivity contribution in [3.8, 4) is 5.75 Å². The van der Waals surface area contributed by atoms with Gasteiger partial charge in [0.2, 0.25) is 0 Å². The van der Waals surface area contributed by atoms with E-state index in [-0.39, 0.29) is 18.2 Å². The molecular weight excluding hydrogens is 265 g/mol. The predicted molar refractivity (Wildman–Crippen MR) is 76.8 cm³/mol. The molecule has 2 fully saturated rings. The third kappa shape index (κ3) is 3.61. The monoisotopic (exact) mass is 285 g/mol. The molecular formula is C15H21ClFNO. The van der Waals surface area contributed by atoms with E-state index in [1.807, 2.05) is 6.07 Å². The van der Waals surface area contributed by atoms with Crippen molar-refractivity contribution in [2.45, 2.75) is 44.1 Å². The van der Waals surface area contributed by atoms with Crippen molar-refractivity contribution in [2.75, 3.05) is 13.1 Å². The van der Waals surface area contributed by atoms with Crippen LogP contribution in [0.3, 0.4) is 0 Å². The normalized spacial score (nSPS) is 20.5. The van der Waals surface area contributed by atoms with Crippen molar-refractivity contribution in [1.29, 1.82) is 0 Å². The lowest BCUT2D eigenvalue weighted by molar-refractivity contribution is 0.119. The maximum atomic E-state index is 13.7. The molecule has 0 amide bonds. The molecule has 1 aromatic rings. The van der Waals surface area contributed by atoms with Gasteiger partial charge in [0.05, 0.1) is 6.10 Å². The summed E-state index contributed by atoms with van der Waals surface area (Å²) < 4.78 is 19.5. The molecule has 0 atom stereocenters. The Kier molecular flexibility index (Phi) is 5.06. The standard InChI is InChI=1S/C15H20FNO.ClH/c16-13-8-12(11-4-6-17-7-5-11)9-15(10-13)18-14-2-1-3-14;/h8-11,14,17H,1-7H2;1H. The number of ether oxygens (including phenoxy) is 1. The summed E-state index contributed by atoms with van der Waals surface area (Å²) in [6, 6.07) is 5.23. The first-order valence-electron chi connectivity index (χ1n) is 6.99. The molecule has 19 heavy (non-hydrogen) atoms. The van der Waals surface area contributed by atoms with Gasteiger partial charge in [0, 0.05) is 6.07 Å². The van der Waals surface area contributed by atoms with E-state index in [0.717, 1.165) is 44.3 Å². The van der Waals surface area contributed by atoms with E-state index >= 15 is 0 Å². The highest BCUT2D eigenvalue weighted by Gasteiger charge is 2.21. The van der Waals surface area contributed by atoms with Crippen LogP contribution in [0.2, 0.25) is 0 Å². The third-order valence-electron chi connectivity index (χ3n) is 4.06. The molecule has 0 aromatic heterocycles. The fourth-order valence-electron chi connectivity index (χ4n) is 2.72. The summed E-state index contributed by atoms with van der Waals surface area (Å²) in [6.45, 7) is 2.06. The fourth-order valence-corrected chi connectivity index (χ4v) is 2.72. The molecule has 106 valence electrons. The van der Waals surface area contributed by atoms with E-state index in [2.05, 4.69) is 5.32 Å². The zero-order valence-electron chi connectivity index (χ0n) is 11.0. The van der Waals surface area contributed by atoms with Gasteiger partial charge in [-0.05, 0) is 68.8 Å². The zero-order valence-corrected chi connectivity index (χ0v) is 11.8. The zero-order chi connectivity index (χ0) is 12.4. The van der Waals surface area contributed by atoms with Gasteiger partial charge >= 0.3 is 0 Å². The van der Waals surface area contributed by atoms with Gasteiger partial charge in [0.25, 0.3) is 0 Å². The van der Waals surface area contributed by atoms with Crippen LogP contribution in [0.5, 0.6) is 5.75 Å². The Labute approximate surface area is 120 Å². The lowest BCUT2D eigenvalue weighted by atomic mass is 9.90. The van der Waals surface area contributed by atoms with Gasteiger partial charge in [-0.25, -0.2) is 4.39 Å². The SMILES string of the molecule is Cl.Fc1cc(OC2CCC2)cc(C2CCNCC2)c1. The Morgan fingerprint density at radius 3 is 2.42 bits per heavy atom. The Hall–Kier alpha value is -0.800. The molecule has 1 N–H and O–H groups in total. The van der Waals surface area contributed by atoms with Crippen LogP contribution in [0.15, 0.2) is 18.2 Å².